The molecule has 6 nitrogen and oxygen atoms in total. The van der Waals surface area contributed by atoms with Gasteiger partial charge in [0, 0.05) is 48.4 Å². The molecule has 1 unspecified atom stereocenters. The topological polar surface area (TPSA) is 60.2 Å². The van der Waals surface area contributed by atoms with Gasteiger partial charge in [-0.1, -0.05) is 48.5 Å². The van der Waals surface area contributed by atoms with Crippen molar-refractivity contribution < 1.29 is 9.53 Å². The Balaban J connectivity index is 1.59. The fourth-order valence-corrected chi connectivity index (χ4v) is 3.83. The minimum absolute atomic E-state index is 0.105. The zero-order chi connectivity index (χ0) is 23.9. The molecule has 0 fully saturated rings. The van der Waals surface area contributed by atoms with Gasteiger partial charge < -0.3 is 9.64 Å². The van der Waals surface area contributed by atoms with Gasteiger partial charge in [0.25, 0.3) is 0 Å². The van der Waals surface area contributed by atoms with Crippen LogP contribution in [0.3, 0.4) is 0 Å². The van der Waals surface area contributed by atoms with Crippen molar-refractivity contribution in [1.82, 2.24) is 19.7 Å². The first-order chi connectivity index (χ1) is 16.6. The van der Waals surface area contributed by atoms with Gasteiger partial charge in [0.05, 0.1) is 19.7 Å². The van der Waals surface area contributed by atoms with E-state index >= 15 is 0 Å². The van der Waals surface area contributed by atoms with Gasteiger partial charge in [-0.05, 0) is 36.8 Å². The summed E-state index contributed by atoms with van der Waals surface area (Å²) in [6.07, 6.45) is 8.89. The van der Waals surface area contributed by atoms with Crippen LogP contribution in [-0.4, -0.2) is 39.7 Å². The first kappa shape index (κ1) is 23.0. The molecule has 0 bridgehead atoms. The zero-order valence-corrected chi connectivity index (χ0v) is 19.6. The van der Waals surface area contributed by atoms with Crippen LogP contribution >= 0.6 is 0 Å². The summed E-state index contributed by atoms with van der Waals surface area (Å²) in [7, 11) is 3.44. The zero-order valence-electron chi connectivity index (χ0n) is 19.6. The highest BCUT2D eigenvalue weighted by atomic mass is 16.5. The van der Waals surface area contributed by atoms with Crippen molar-refractivity contribution in [3.8, 4) is 17.0 Å². The van der Waals surface area contributed by atoms with Crippen molar-refractivity contribution in [2.45, 2.75) is 19.5 Å². The Bertz CT molecular complexity index is 1270. The van der Waals surface area contributed by atoms with Crippen LogP contribution in [0.5, 0.6) is 5.75 Å². The minimum atomic E-state index is -0.146. The van der Waals surface area contributed by atoms with Gasteiger partial charge in [-0.15, -0.1) is 0 Å². The van der Waals surface area contributed by atoms with Crippen molar-refractivity contribution in [3.05, 3.63) is 108 Å². The Morgan fingerprint density at radius 1 is 1.09 bits per heavy atom. The lowest BCUT2D eigenvalue weighted by Crippen LogP contribution is -2.28. The third-order valence-corrected chi connectivity index (χ3v) is 5.84. The highest BCUT2D eigenvalue weighted by molar-refractivity contribution is 5.93. The second kappa shape index (κ2) is 10.6. The maximum atomic E-state index is 13.0. The molecule has 0 aliphatic rings. The summed E-state index contributed by atoms with van der Waals surface area (Å²) in [5, 5.41) is 4.79. The van der Waals surface area contributed by atoms with Crippen LogP contribution < -0.4 is 4.74 Å². The molecule has 34 heavy (non-hydrogen) atoms. The number of para-hydroxylation sites is 1. The number of hydrogen-bond acceptors (Lipinski definition) is 4. The molecular weight excluding hydrogens is 424 g/mol. The Labute approximate surface area is 200 Å². The lowest BCUT2D eigenvalue weighted by Gasteiger charge is -2.25. The summed E-state index contributed by atoms with van der Waals surface area (Å²) in [5.41, 5.74) is 4.65. The monoisotopic (exact) mass is 452 g/mol. The smallest absolute Gasteiger partial charge is 0.246 e. The normalized spacial score (nSPS) is 12.0. The molecule has 1 amide bonds. The van der Waals surface area contributed by atoms with Crippen molar-refractivity contribution >= 4 is 12.0 Å². The number of rotatable bonds is 8. The molecule has 172 valence electrons. The van der Waals surface area contributed by atoms with Gasteiger partial charge in [-0.3, -0.25) is 14.5 Å². The second-order valence-electron chi connectivity index (χ2n) is 8.06. The van der Waals surface area contributed by atoms with Crippen LogP contribution in [0.1, 0.15) is 29.7 Å². The van der Waals surface area contributed by atoms with Gasteiger partial charge >= 0.3 is 0 Å². The number of methoxy groups -OCH3 is 1. The molecule has 0 N–H and O–H groups in total. The van der Waals surface area contributed by atoms with Crippen molar-refractivity contribution in [2.75, 3.05) is 14.2 Å². The predicted octanol–water partition coefficient (Wildman–Crippen LogP) is 5.23. The highest BCUT2D eigenvalue weighted by Crippen LogP contribution is 2.28. The third kappa shape index (κ3) is 5.23. The van der Waals surface area contributed by atoms with Crippen molar-refractivity contribution in [1.29, 1.82) is 0 Å². The fraction of sp³-hybridized carbons (Fsp3) is 0.179. The predicted molar refractivity (Wildman–Crippen MR) is 134 cm³/mol. The van der Waals surface area contributed by atoms with E-state index in [0.717, 1.165) is 33.7 Å². The number of amides is 1. The molecule has 4 aromatic rings. The molecule has 0 aliphatic carbocycles. The standard InChI is InChI=1S/C28H28N4O2/c1-21(25-13-7-8-14-26(25)34-3)31(2)27(33)16-15-24-20-32(19-22-10-5-4-6-11-22)30-28(24)23-12-9-17-29-18-23/h4-18,20-21H,19H2,1-3H3. The number of aromatic nitrogens is 3. The quantitative estimate of drug-likeness (QED) is 0.343. The number of benzene rings is 2. The van der Waals surface area contributed by atoms with E-state index in [1.54, 1.807) is 37.5 Å². The summed E-state index contributed by atoms with van der Waals surface area (Å²) in [6, 6.07) is 21.6. The van der Waals surface area contributed by atoms with Crippen molar-refractivity contribution in [3.63, 3.8) is 0 Å². The molecule has 0 radical (unpaired) electrons. The number of carbonyl (C=O) groups is 1. The van der Waals surface area contributed by atoms with E-state index in [-0.39, 0.29) is 11.9 Å². The van der Waals surface area contributed by atoms with Crippen LogP contribution in [-0.2, 0) is 11.3 Å². The Morgan fingerprint density at radius 3 is 2.59 bits per heavy atom. The Morgan fingerprint density at radius 2 is 1.85 bits per heavy atom. The maximum Gasteiger partial charge on any atom is 0.246 e. The van der Waals surface area contributed by atoms with Gasteiger partial charge in [0.15, 0.2) is 0 Å². The van der Waals surface area contributed by atoms with Crippen molar-refractivity contribution in [2.24, 2.45) is 0 Å². The van der Waals surface area contributed by atoms with Crippen LogP contribution in [0.4, 0.5) is 0 Å². The summed E-state index contributed by atoms with van der Waals surface area (Å²) >= 11 is 0. The molecule has 0 saturated carbocycles. The molecule has 1 atom stereocenters. The lowest BCUT2D eigenvalue weighted by molar-refractivity contribution is -0.126. The molecule has 6 heteroatoms. The number of nitrogens with zero attached hydrogens (tertiary/aromatic N) is 4. The van der Waals surface area contributed by atoms with Crippen LogP contribution in [0.15, 0.2) is 91.4 Å². The molecule has 4 rings (SSSR count). The average Bonchev–Trinajstić information content (AvgIpc) is 3.29. The van der Waals surface area contributed by atoms with Crippen LogP contribution in [0.2, 0.25) is 0 Å². The van der Waals surface area contributed by atoms with Gasteiger partial charge in [-0.25, -0.2) is 0 Å². The van der Waals surface area contributed by atoms with E-state index in [2.05, 4.69) is 17.1 Å². The minimum Gasteiger partial charge on any atom is -0.496 e. The van der Waals surface area contributed by atoms with Crippen LogP contribution in [0, 0.1) is 0 Å². The van der Waals surface area contributed by atoms with E-state index < -0.39 is 0 Å². The van der Waals surface area contributed by atoms with Gasteiger partial charge in [0.2, 0.25) is 5.91 Å². The fourth-order valence-electron chi connectivity index (χ4n) is 3.83. The molecule has 0 spiro atoms. The molecule has 0 aliphatic heterocycles. The van der Waals surface area contributed by atoms with Gasteiger partial charge in [0.1, 0.15) is 11.4 Å². The lowest BCUT2D eigenvalue weighted by atomic mass is 10.1. The van der Waals surface area contributed by atoms with Crippen LogP contribution in [0.25, 0.3) is 17.3 Å². The number of likely N-dealkylation sites (N-methyl/N-ethyl adjacent to an activating group) is 1. The molecule has 2 heterocycles. The summed E-state index contributed by atoms with van der Waals surface area (Å²) in [5.74, 6) is 0.658. The average molecular weight is 453 g/mol. The number of pyridine rings is 1. The molecule has 2 aromatic carbocycles. The second-order valence-corrected chi connectivity index (χ2v) is 8.06. The Kier molecular flexibility index (Phi) is 7.18. The SMILES string of the molecule is COc1ccccc1C(C)N(C)C(=O)C=Cc1cn(Cc2ccccc2)nc1-c1cccnc1. The van der Waals surface area contributed by atoms with E-state index in [0.29, 0.717) is 6.54 Å². The number of ether oxygens (including phenoxy) is 1. The summed E-state index contributed by atoms with van der Waals surface area (Å²) in [6.45, 7) is 2.63. The number of carbonyl (C=O) groups excluding carboxylic acids is 1. The Hall–Kier alpha value is -4.19. The molecular formula is C28H28N4O2. The van der Waals surface area contributed by atoms with E-state index in [1.807, 2.05) is 78.5 Å². The molecule has 0 saturated heterocycles. The maximum absolute atomic E-state index is 13.0. The van der Waals surface area contributed by atoms with E-state index in [1.165, 1.54) is 0 Å². The molecule has 2 aromatic heterocycles. The highest BCUT2D eigenvalue weighted by Gasteiger charge is 2.19. The van der Waals surface area contributed by atoms with E-state index in [9.17, 15) is 4.79 Å². The summed E-state index contributed by atoms with van der Waals surface area (Å²) in [4.78, 5) is 19.0. The largest absolute Gasteiger partial charge is 0.496 e. The number of hydrogen-bond donors (Lipinski definition) is 0. The van der Waals surface area contributed by atoms with Gasteiger partial charge in [-0.2, -0.15) is 5.10 Å². The third-order valence-electron chi connectivity index (χ3n) is 5.84. The first-order valence-electron chi connectivity index (χ1n) is 11.2. The summed E-state index contributed by atoms with van der Waals surface area (Å²) < 4.78 is 7.36. The van der Waals surface area contributed by atoms with E-state index in [4.69, 9.17) is 9.84 Å². The first-order valence-corrected chi connectivity index (χ1v) is 11.2.